The fourth-order valence-corrected chi connectivity index (χ4v) is 5.40. The number of benzene rings is 2. The quantitative estimate of drug-likeness (QED) is 0.367. The molecule has 2 atom stereocenters. The largest absolute Gasteiger partial charge is 0.345 e. The lowest BCUT2D eigenvalue weighted by Crippen LogP contribution is -2.26. The summed E-state index contributed by atoms with van der Waals surface area (Å²) in [7, 11) is 3.44. The molecule has 0 fully saturated rings. The second-order valence-corrected chi connectivity index (χ2v) is 9.98. The van der Waals surface area contributed by atoms with E-state index in [4.69, 9.17) is 0 Å². The van der Waals surface area contributed by atoms with Gasteiger partial charge in [0.05, 0.1) is 0 Å². The van der Waals surface area contributed by atoms with Gasteiger partial charge in [0.2, 0.25) is 11.0 Å². The molecule has 0 aliphatic rings. The van der Waals surface area contributed by atoms with Gasteiger partial charge in [-0.15, -0.1) is 21.5 Å². The molecule has 2 aromatic heterocycles. The molecule has 0 saturated heterocycles. The highest BCUT2D eigenvalue weighted by Gasteiger charge is 2.29. The van der Waals surface area contributed by atoms with Crippen molar-refractivity contribution in [3.63, 3.8) is 0 Å². The maximum absolute atomic E-state index is 14.1. The Labute approximate surface area is 205 Å². The van der Waals surface area contributed by atoms with Crippen LogP contribution < -0.4 is 5.32 Å². The zero-order valence-corrected chi connectivity index (χ0v) is 20.5. The Morgan fingerprint density at radius 3 is 2.47 bits per heavy atom. The van der Waals surface area contributed by atoms with Crippen LogP contribution in [0.2, 0.25) is 0 Å². The van der Waals surface area contributed by atoms with E-state index in [1.165, 1.54) is 28.4 Å². The van der Waals surface area contributed by atoms with Crippen LogP contribution in [0.4, 0.5) is 9.52 Å². The van der Waals surface area contributed by atoms with Gasteiger partial charge in [0.25, 0.3) is 5.91 Å². The molecule has 9 heteroatoms. The van der Waals surface area contributed by atoms with Crippen LogP contribution in [0, 0.1) is 11.7 Å². The van der Waals surface area contributed by atoms with Crippen LogP contribution in [-0.4, -0.2) is 41.0 Å². The van der Waals surface area contributed by atoms with Gasteiger partial charge in [-0.3, -0.25) is 9.59 Å². The number of aromatic nitrogens is 2. The first-order valence-electron chi connectivity index (χ1n) is 10.6. The van der Waals surface area contributed by atoms with Gasteiger partial charge >= 0.3 is 0 Å². The number of halogens is 1. The van der Waals surface area contributed by atoms with Gasteiger partial charge in [0, 0.05) is 41.2 Å². The number of amides is 2. The molecular weight excluding hydrogens is 471 g/mol. The molecule has 6 nitrogen and oxygen atoms in total. The molecule has 0 aliphatic carbocycles. The van der Waals surface area contributed by atoms with Crippen LogP contribution in [0.25, 0.3) is 10.4 Å². The molecule has 34 heavy (non-hydrogen) atoms. The molecular formula is C25H23FN4O2S2. The summed E-state index contributed by atoms with van der Waals surface area (Å²) in [6, 6.07) is 17.8. The van der Waals surface area contributed by atoms with Crippen molar-refractivity contribution in [1.82, 2.24) is 15.1 Å². The van der Waals surface area contributed by atoms with Crippen molar-refractivity contribution < 1.29 is 14.0 Å². The Bertz CT molecular complexity index is 1290. The first-order valence-corrected chi connectivity index (χ1v) is 12.3. The Morgan fingerprint density at radius 2 is 1.82 bits per heavy atom. The van der Waals surface area contributed by atoms with Gasteiger partial charge in [0.15, 0.2) is 0 Å². The van der Waals surface area contributed by atoms with Crippen molar-refractivity contribution in [2.45, 2.75) is 12.8 Å². The van der Waals surface area contributed by atoms with Crippen molar-refractivity contribution in [2.24, 2.45) is 5.92 Å². The second-order valence-electron chi connectivity index (χ2n) is 8.03. The first kappa shape index (κ1) is 23.7. The second kappa shape index (κ2) is 10.2. The zero-order chi connectivity index (χ0) is 24.2. The third-order valence-electron chi connectivity index (χ3n) is 5.47. The van der Waals surface area contributed by atoms with Gasteiger partial charge in [-0.1, -0.05) is 42.5 Å². The van der Waals surface area contributed by atoms with Gasteiger partial charge < -0.3 is 10.2 Å². The highest BCUT2D eigenvalue weighted by molar-refractivity contribution is 7.15. The van der Waals surface area contributed by atoms with Gasteiger partial charge in [-0.25, -0.2) is 4.39 Å². The number of hydrogen-bond acceptors (Lipinski definition) is 6. The predicted molar refractivity (Wildman–Crippen MR) is 134 cm³/mol. The van der Waals surface area contributed by atoms with Crippen LogP contribution in [0.1, 0.15) is 33.6 Å². The number of nitrogens with one attached hydrogen (secondary N) is 1. The third-order valence-corrected chi connectivity index (χ3v) is 7.29. The van der Waals surface area contributed by atoms with Crippen molar-refractivity contribution in [3.8, 4) is 10.4 Å². The Hall–Kier alpha value is -3.43. The summed E-state index contributed by atoms with van der Waals surface area (Å²) in [5, 5.41) is 10.9. The van der Waals surface area contributed by atoms with Gasteiger partial charge in [0.1, 0.15) is 11.3 Å². The summed E-state index contributed by atoms with van der Waals surface area (Å²) in [4.78, 5) is 28.7. The van der Waals surface area contributed by atoms with Gasteiger partial charge in [-0.05, 0) is 47.5 Å². The number of anilines is 1. The Balaban J connectivity index is 1.65. The average molecular weight is 495 g/mol. The standard InChI is InChI=1S/C25H23FN4O2S2/c1-15(23(31)28-25-29-27-14-33-25)22(18-5-4-6-19(26)13-18)21-12-11-20(34-21)16-7-9-17(10-8-16)24(32)30(2)3/h4-15,22H,1-3H3,(H,28,29,31)/t15-,22-/m1/s1. The summed E-state index contributed by atoms with van der Waals surface area (Å²) >= 11 is 2.79. The monoisotopic (exact) mass is 494 g/mol. The predicted octanol–water partition coefficient (Wildman–Crippen LogP) is 5.51. The molecule has 2 amide bonds. The van der Waals surface area contributed by atoms with Crippen molar-refractivity contribution in [1.29, 1.82) is 0 Å². The molecule has 1 N–H and O–H groups in total. The molecule has 0 radical (unpaired) electrons. The third kappa shape index (κ3) is 5.21. The number of carbonyl (C=O) groups is 2. The molecule has 0 spiro atoms. The molecule has 0 bridgehead atoms. The number of thiophene rings is 1. The van der Waals surface area contributed by atoms with E-state index < -0.39 is 5.92 Å². The summed E-state index contributed by atoms with van der Waals surface area (Å²) in [6.07, 6.45) is 0. The minimum atomic E-state index is -0.489. The molecule has 0 saturated carbocycles. The van der Waals surface area contributed by atoms with E-state index in [1.54, 1.807) is 49.1 Å². The van der Waals surface area contributed by atoms with E-state index >= 15 is 0 Å². The number of carbonyl (C=O) groups excluding carboxylic acids is 2. The van der Waals surface area contributed by atoms with Gasteiger partial charge in [-0.2, -0.15) is 0 Å². The lowest BCUT2D eigenvalue weighted by atomic mass is 9.85. The van der Waals surface area contributed by atoms with Crippen molar-refractivity contribution >= 4 is 39.6 Å². The van der Waals surface area contributed by atoms with Crippen molar-refractivity contribution in [3.05, 3.63) is 88.0 Å². The Kier molecular flexibility index (Phi) is 7.14. The molecule has 2 heterocycles. The summed E-state index contributed by atoms with van der Waals surface area (Å²) < 4.78 is 14.1. The molecule has 4 rings (SSSR count). The zero-order valence-electron chi connectivity index (χ0n) is 18.9. The van der Waals surface area contributed by atoms with E-state index in [9.17, 15) is 14.0 Å². The lowest BCUT2D eigenvalue weighted by Gasteiger charge is -2.22. The topological polar surface area (TPSA) is 75.2 Å². The molecule has 4 aromatic rings. The fourth-order valence-electron chi connectivity index (χ4n) is 3.71. The summed E-state index contributed by atoms with van der Waals surface area (Å²) in [5.41, 5.74) is 3.86. The lowest BCUT2D eigenvalue weighted by molar-refractivity contribution is -0.119. The van der Waals surface area contributed by atoms with E-state index in [-0.39, 0.29) is 23.5 Å². The van der Waals surface area contributed by atoms with E-state index in [2.05, 4.69) is 15.5 Å². The average Bonchev–Trinajstić information content (AvgIpc) is 3.51. The highest BCUT2D eigenvalue weighted by Crippen LogP contribution is 2.40. The van der Waals surface area contributed by atoms with E-state index in [0.29, 0.717) is 10.7 Å². The maximum Gasteiger partial charge on any atom is 0.253 e. The smallest absolute Gasteiger partial charge is 0.253 e. The molecule has 0 unspecified atom stereocenters. The summed E-state index contributed by atoms with van der Waals surface area (Å²) in [6.45, 7) is 1.83. The minimum absolute atomic E-state index is 0.0557. The maximum atomic E-state index is 14.1. The molecule has 174 valence electrons. The number of hydrogen-bond donors (Lipinski definition) is 1. The summed E-state index contributed by atoms with van der Waals surface area (Å²) in [5.74, 6) is -1.46. The fraction of sp³-hybridized carbons (Fsp3) is 0.200. The van der Waals surface area contributed by atoms with Crippen LogP contribution in [-0.2, 0) is 4.79 Å². The van der Waals surface area contributed by atoms with E-state index in [0.717, 1.165) is 20.9 Å². The number of rotatable bonds is 7. The molecule has 0 aliphatic heterocycles. The highest BCUT2D eigenvalue weighted by atomic mass is 32.1. The normalized spacial score (nSPS) is 12.7. The first-order chi connectivity index (χ1) is 16.3. The van der Waals surface area contributed by atoms with Crippen LogP contribution in [0.3, 0.4) is 0 Å². The Morgan fingerprint density at radius 1 is 1.06 bits per heavy atom. The van der Waals surface area contributed by atoms with Crippen LogP contribution in [0.15, 0.2) is 66.2 Å². The van der Waals surface area contributed by atoms with Crippen LogP contribution in [0.5, 0.6) is 0 Å². The van der Waals surface area contributed by atoms with E-state index in [1.807, 2.05) is 37.3 Å². The molecule has 2 aromatic carbocycles. The van der Waals surface area contributed by atoms with Crippen LogP contribution >= 0.6 is 22.7 Å². The minimum Gasteiger partial charge on any atom is -0.345 e. The van der Waals surface area contributed by atoms with Crippen molar-refractivity contribution in [2.75, 3.05) is 19.4 Å². The SMILES string of the molecule is C[C@@H](C(=O)Nc1nncs1)[C@H](c1cccc(F)c1)c1ccc(-c2ccc(C(=O)N(C)C)cc2)s1. The number of nitrogens with zero attached hydrogens (tertiary/aromatic N) is 3.